The van der Waals surface area contributed by atoms with Crippen LogP contribution in [0.1, 0.15) is 6.42 Å². The van der Waals surface area contributed by atoms with E-state index in [2.05, 4.69) is 5.38 Å². The Morgan fingerprint density at radius 2 is 2.00 bits per heavy atom. The van der Waals surface area contributed by atoms with Gasteiger partial charge in [0.05, 0.1) is 13.0 Å². The van der Waals surface area contributed by atoms with E-state index in [1.54, 1.807) is 16.2 Å². The zero-order valence-corrected chi connectivity index (χ0v) is 10.4. The van der Waals surface area contributed by atoms with Crippen LogP contribution in [0.3, 0.4) is 0 Å². The molecule has 0 unspecified atom stereocenters. The molecule has 2 heterocycles. The van der Waals surface area contributed by atoms with Crippen molar-refractivity contribution >= 4 is 28.7 Å². The van der Waals surface area contributed by atoms with Crippen LogP contribution >= 0.6 is 11.3 Å². The van der Waals surface area contributed by atoms with Crippen molar-refractivity contribution in [3.63, 3.8) is 0 Å². The summed E-state index contributed by atoms with van der Waals surface area (Å²) in [6.07, 6.45) is 0.0304. The largest absolute Gasteiger partial charge is 0.305 e. The first-order valence-electron chi connectivity index (χ1n) is 5.69. The van der Waals surface area contributed by atoms with Crippen LogP contribution < -0.4 is 4.90 Å². The highest BCUT2D eigenvalue weighted by Crippen LogP contribution is 2.27. The Labute approximate surface area is 109 Å². The molecule has 90 valence electrons. The molecule has 0 aliphatic carbocycles. The molecule has 0 atom stereocenters. The third-order valence-electron chi connectivity index (χ3n) is 3.00. The van der Waals surface area contributed by atoms with Crippen molar-refractivity contribution in [3.05, 3.63) is 41.1 Å². The lowest BCUT2D eigenvalue weighted by Gasteiger charge is -2.15. The predicted molar refractivity (Wildman–Crippen MR) is 71.7 cm³/mol. The van der Waals surface area contributed by atoms with Gasteiger partial charge in [-0.25, -0.2) is 0 Å². The molecule has 0 N–H and O–H groups in total. The van der Waals surface area contributed by atoms with Crippen LogP contribution in [0.2, 0.25) is 0 Å². The molecule has 2 aromatic rings. The van der Waals surface area contributed by atoms with E-state index in [1.807, 2.05) is 35.7 Å². The molecule has 1 fully saturated rings. The summed E-state index contributed by atoms with van der Waals surface area (Å²) < 4.78 is 0. The minimum absolute atomic E-state index is 0.0130. The maximum atomic E-state index is 11.7. The van der Waals surface area contributed by atoms with Gasteiger partial charge >= 0.3 is 0 Å². The van der Waals surface area contributed by atoms with Crippen LogP contribution in [0.15, 0.2) is 41.1 Å². The van der Waals surface area contributed by atoms with Gasteiger partial charge < -0.3 is 4.90 Å². The van der Waals surface area contributed by atoms with Crippen molar-refractivity contribution in [2.75, 3.05) is 11.4 Å². The minimum atomic E-state index is -0.109. The normalized spacial score (nSPS) is 15.4. The summed E-state index contributed by atoms with van der Waals surface area (Å²) in [5, 5.41) is 4.09. The molecule has 0 radical (unpaired) electrons. The van der Waals surface area contributed by atoms with Gasteiger partial charge in [0.25, 0.3) is 0 Å². The molecule has 1 amide bonds. The summed E-state index contributed by atoms with van der Waals surface area (Å²) in [6.45, 7) is 0.200. The molecule has 4 heteroatoms. The Balaban J connectivity index is 1.97. The van der Waals surface area contributed by atoms with E-state index in [0.29, 0.717) is 0 Å². The quantitative estimate of drug-likeness (QED) is 0.776. The number of carbonyl (C=O) groups is 2. The molecule has 1 saturated heterocycles. The van der Waals surface area contributed by atoms with Gasteiger partial charge in [0, 0.05) is 5.69 Å². The molecular weight excluding hydrogens is 246 g/mol. The standard InChI is InChI=1S/C14H11NO2S/c16-13-7-14(17)15(8-13)12-3-1-2-10(6-12)11-4-5-18-9-11/h1-6,9H,7-8H2. The lowest BCUT2D eigenvalue weighted by Crippen LogP contribution is -2.24. The summed E-state index contributed by atoms with van der Waals surface area (Å²) in [7, 11) is 0. The Hall–Kier alpha value is -1.94. The summed E-state index contributed by atoms with van der Waals surface area (Å²) >= 11 is 1.64. The second kappa shape index (κ2) is 4.38. The highest BCUT2D eigenvalue weighted by Gasteiger charge is 2.28. The Morgan fingerprint density at radius 1 is 1.11 bits per heavy atom. The smallest absolute Gasteiger partial charge is 0.234 e. The first-order chi connectivity index (χ1) is 8.74. The van der Waals surface area contributed by atoms with Gasteiger partial charge in [-0.15, -0.1) is 0 Å². The van der Waals surface area contributed by atoms with E-state index in [1.165, 1.54) is 0 Å². The lowest BCUT2D eigenvalue weighted by atomic mass is 10.1. The number of benzene rings is 1. The number of amides is 1. The van der Waals surface area contributed by atoms with E-state index in [-0.39, 0.29) is 24.7 Å². The summed E-state index contributed by atoms with van der Waals surface area (Å²) in [6, 6.07) is 9.79. The molecule has 1 aliphatic rings. The SMILES string of the molecule is O=C1CC(=O)N(c2cccc(-c3ccsc3)c2)C1. The van der Waals surface area contributed by atoms with Crippen LogP contribution in [0.5, 0.6) is 0 Å². The van der Waals surface area contributed by atoms with Gasteiger partial charge in [-0.2, -0.15) is 11.3 Å². The second-order valence-corrected chi connectivity index (χ2v) is 5.04. The third kappa shape index (κ3) is 1.95. The maximum absolute atomic E-state index is 11.7. The Morgan fingerprint density at radius 3 is 2.67 bits per heavy atom. The molecule has 0 saturated carbocycles. The number of thiophene rings is 1. The molecule has 0 bridgehead atoms. The van der Waals surface area contributed by atoms with Crippen molar-refractivity contribution in [2.24, 2.45) is 0 Å². The van der Waals surface area contributed by atoms with Crippen molar-refractivity contribution in [1.29, 1.82) is 0 Å². The first kappa shape index (κ1) is 11.2. The van der Waals surface area contributed by atoms with E-state index in [4.69, 9.17) is 0 Å². The average molecular weight is 257 g/mol. The van der Waals surface area contributed by atoms with E-state index >= 15 is 0 Å². The molecule has 0 spiro atoms. The minimum Gasteiger partial charge on any atom is -0.305 e. The van der Waals surface area contributed by atoms with Gasteiger partial charge in [0.1, 0.15) is 0 Å². The van der Waals surface area contributed by atoms with E-state index < -0.39 is 0 Å². The zero-order valence-electron chi connectivity index (χ0n) is 9.63. The van der Waals surface area contributed by atoms with Gasteiger partial charge in [0.2, 0.25) is 5.91 Å². The summed E-state index contributed by atoms with van der Waals surface area (Å²) in [5.41, 5.74) is 3.01. The van der Waals surface area contributed by atoms with Crippen LogP contribution in [-0.4, -0.2) is 18.2 Å². The maximum Gasteiger partial charge on any atom is 0.234 e. The van der Waals surface area contributed by atoms with Gasteiger partial charge in [-0.3, -0.25) is 9.59 Å². The number of hydrogen-bond donors (Lipinski definition) is 0. The fourth-order valence-electron chi connectivity index (χ4n) is 2.10. The fraction of sp³-hybridized carbons (Fsp3) is 0.143. The van der Waals surface area contributed by atoms with Crippen molar-refractivity contribution in [2.45, 2.75) is 6.42 Å². The number of Topliss-reactive ketones (excluding diaryl/α,β-unsaturated/α-hetero) is 1. The van der Waals surface area contributed by atoms with Crippen molar-refractivity contribution < 1.29 is 9.59 Å². The van der Waals surface area contributed by atoms with Crippen molar-refractivity contribution in [3.8, 4) is 11.1 Å². The fourth-order valence-corrected chi connectivity index (χ4v) is 2.77. The first-order valence-corrected chi connectivity index (χ1v) is 6.63. The topological polar surface area (TPSA) is 37.4 Å². The van der Waals surface area contributed by atoms with Gasteiger partial charge in [-0.05, 0) is 40.1 Å². The number of nitrogens with zero attached hydrogens (tertiary/aromatic N) is 1. The number of anilines is 1. The van der Waals surface area contributed by atoms with E-state index in [9.17, 15) is 9.59 Å². The highest BCUT2D eigenvalue weighted by molar-refractivity contribution is 7.08. The molecule has 1 aliphatic heterocycles. The Bertz CT molecular complexity index is 604. The molecule has 18 heavy (non-hydrogen) atoms. The van der Waals surface area contributed by atoms with Gasteiger partial charge in [-0.1, -0.05) is 12.1 Å². The monoisotopic (exact) mass is 257 g/mol. The molecule has 1 aromatic carbocycles. The van der Waals surface area contributed by atoms with Crippen LogP contribution in [0.4, 0.5) is 5.69 Å². The van der Waals surface area contributed by atoms with Crippen LogP contribution in [0, 0.1) is 0 Å². The van der Waals surface area contributed by atoms with Crippen LogP contribution in [0.25, 0.3) is 11.1 Å². The number of carbonyl (C=O) groups excluding carboxylic acids is 2. The number of hydrogen-bond acceptors (Lipinski definition) is 3. The summed E-state index contributed by atoms with van der Waals surface area (Å²) in [5.74, 6) is -0.122. The third-order valence-corrected chi connectivity index (χ3v) is 3.68. The average Bonchev–Trinajstić information content (AvgIpc) is 2.99. The number of rotatable bonds is 2. The second-order valence-electron chi connectivity index (χ2n) is 4.26. The lowest BCUT2D eigenvalue weighted by molar-refractivity contribution is -0.121. The molecule has 3 rings (SSSR count). The highest BCUT2D eigenvalue weighted by atomic mass is 32.1. The molecule has 1 aromatic heterocycles. The predicted octanol–water partition coefficient (Wildman–Crippen LogP) is 2.72. The van der Waals surface area contributed by atoms with Crippen molar-refractivity contribution in [1.82, 2.24) is 0 Å². The molecule has 3 nitrogen and oxygen atoms in total. The van der Waals surface area contributed by atoms with Crippen LogP contribution in [-0.2, 0) is 9.59 Å². The van der Waals surface area contributed by atoms with E-state index in [0.717, 1.165) is 16.8 Å². The van der Waals surface area contributed by atoms with Gasteiger partial charge in [0.15, 0.2) is 5.78 Å². The Kier molecular flexibility index (Phi) is 2.72. The molecular formula is C14H11NO2S. The summed E-state index contributed by atoms with van der Waals surface area (Å²) in [4.78, 5) is 24.5. The zero-order chi connectivity index (χ0) is 12.5. The number of ketones is 1.